The van der Waals surface area contributed by atoms with E-state index in [1.807, 2.05) is 68.4 Å². The molecule has 0 spiro atoms. The smallest absolute Gasteiger partial charge is 0.277 e. The molecule has 2 heterocycles. The Labute approximate surface area is 225 Å². The summed E-state index contributed by atoms with van der Waals surface area (Å²) in [6, 6.07) is 25.5. The topological polar surface area (TPSA) is 77.7 Å². The molecule has 1 N–H and O–H groups in total. The maximum atomic E-state index is 13.8. The lowest BCUT2D eigenvalue weighted by Crippen LogP contribution is -2.24. The molecule has 8 heteroatoms. The summed E-state index contributed by atoms with van der Waals surface area (Å²) in [5.74, 6) is 0.529. The minimum Gasteiger partial charge on any atom is -0.489 e. The number of fused-ring (bicyclic) bond motifs is 1. The number of amides is 1. The zero-order chi connectivity index (χ0) is 27.2. The van der Waals surface area contributed by atoms with Gasteiger partial charge in [0.05, 0.1) is 6.21 Å². The first kappa shape index (κ1) is 25.7. The molecule has 0 aliphatic carbocycles. The van der Waals surface area contributed by atoms with E-state index in [-0.39, 0.29) is 24.9 Å². The molecule has 7 nitrogen and oxygen atoms in total. The monoisotopic (exact) mass is 522 g/mol. The normalized spacial score (nSPS) is 11.2. The van der Waals surface area contributed by atoms with Gasteiger partial charge in [0, 0.05) is 39.8 Å². The first-order valence-electron chi connectivity index (χ1n) is 12.4. The van der Waals surface area contributed by atoms with Crippen LogP contribution in [-0.2, 0) is 11.4 Å². The third-order valence-corrected chi connectivity index (χ3v) is 6.26. The van der Waals surface area contributed by atoms with Gasteiger partial charge in [-0.2, -0.15) is 5.10 Å². The first-order valence-corrected chi connectivity index (χ1v) is 12.4. The second kappa shape index (κ2) is 11.6. The zero-order valence-corrected chi connectivity index (χ0v) is 21.6. The Morgan fingerprint density at radius 3 is 2.62 bits per heavy atom. The first-order chi connectivity index (χ1) is 19.0. The summed E-state index contributed by atoms with van der Waals surface area (Å²) < 4.78 is 27.3. The van der Waals surface area contributed by atoms with Crippen LogP contribution in [-0.4, -0.2) is 28.3 Å². The van der Waals surface area contributed by atoms with Crippen molar-refractivity contribution in [3.8, 4) is 17.2 Å². The number of carbonyl (C=O) groups excluding carboxylic acids is 1. The van der Waals surface area contributed by atoms with Crippen LogP contribution in [0.1, 0.15) is 22.5 Å². The third-order valence-electron chi connectivity index (χ3n) is 6.26. The van der Waals surface area contributed by atoms with Gasteiger partial charge in [0.15, 0.2) is 6.61 Å². The van der Waals surface area contributed by atoms with E-state index in [0.29, 0.717) is 22.6 Å². The molecular formula is C31H27FN4O3. The van der Waals surface area contributed by atoms with Gasteiger partial charge >= 0.3 is 0 Å². The highest BCUT2D eigenvalue weighted by Crippen LogP contribution is 2.24. The number of rotatable bonds is 9. The lowest BCUT2D eigenvalue weighted by Gasteiger charge is -2.12. The molecule has 39 heavy (non-hydrogen) atoms. The van der Waals surface area contributed by atoms with Gasteiger partial charge in [-0.05, 0) is 62.4 Å². The van der Waals surface area contributed by atoms with Crippen molar-refractivity contribution < 1.29 is 18.7 Å². The maximum absolute atomic E-state index is 13.8. The number of carbonyl (C=O) groups is 1. The molecular weight excluding hydrogens is 495 g/mol. The summed E-state index contributed by atoms with van der Waals surface area (Å²) in [6.07, 6.45) is 3.30. The number of aromatic nitrogens is 2. The van der Waals surface area contributed by atoms with Gasteiger partial charge in [0.2, 0.25) is 0 Å². The van der Waals surface area contributed by atoms with Gasteiger partial charge < -0.3 is 14.0 Å². The van der Waals surface area contributed by atoms with Crippen LogP contribution in [0.4, 0.5) is 4.39 Å². The van der Waals surface area contributed by atoms with Crippen molar-refractivity contribution >= 4 is 23.0 Å². The quantitative estimate of drug-likeness (QED) is 0.193. The Morgan fingerprint density at radius 1 is 1.00 bits per heavy atom. The van der Waals surface area contributed by atoms with Gasteiger partial charge in [0.25, 0.3) is 5.91 Å². The highest BCUT2D eigenvalue weighted by molar-refractivity contribution is 5.86. The molecule has 0 aliphatic rings. The summed E-state index contributed by atoms with van der Waals surface area (Å²) in [5, 5.41) is 5.05. The molecule has 0 radical (unpaired) electrons. The van der Waals surface area contributed by atoms with E-state index in [1.54, 1.807) is 36.7 Å². The summed E-state index contributed by atoms with van der Waals surface area (Å²) in [4.78, 5) is 16.6. The molecule has 3 aromatic carbocycles. The number of halogens is 1. The molecule has 2 aromatic heterocycles. The standard InChI is InChI=1S/C31H27FN4O3/c1-21-17-25(18-34-35-30(37)20-39-29-11-5-8-23-9-6-16-33-31(23)29)22(2)36(21)26-12-14-27(15-13-26)38-19-24-7-3-4-10-28(24)32/h3-18H,19-20H2,1-2H3,(H,35,37)/b34-18+. The predicted molar refractivity (Wildman–Crippen MR) is 149 cm³/mol. The van der Waals surface area contributed by atoms with E-state index < -0.39 is 0 Å². The van der Waals surface area contributed by atoms with Crippen LogP contribution in [0.25, 0.3) is 16.6 Å². The number of pyridine rings is 1. The van der Waals surface area contributed by atoms with E-state index in [0.717, 1.165) is 28.0 Å². The molecule has 0 fully saturated rings. The van der Waals surface area contributed by atoms with E-state index in [9.17, 15) is 9.18 Å². The highest BCUT2D eigenvalue weighted by atomic mass is 19.1. The average molecular weight is 523 g/mol. The molecule has 196 valence electrons. The number of hydrazone groups is 1. The van der Waals surface area contributed by atoms with E-state index in [1.165, 1.54) is 6.07 Å². The molecule has 5 aromatic rings. The van der Waals surface area contributed by atoms with Crippen molar-refractivity contribution in [3.63, 3.8) is 0 Å². The molecule has 0 aliphatic heterocycles. The Hall–Kier alpha value is -4.98. The number of nitrogens with zero attached hydrogens (tertiary/aromatic N) is 3. The van der Waals surface area contributed by atoms with Crippen molar-refractivity contribution in [3.05, 3.63) is 119 Å². The van der Waals surface area contributed by atoms with Crippen LogP contribution >= 0.6 is 0 Å². The second-order valence-corrected chi connectivity index (χ2v) is 8.95. The van der Waals surface area contributed by atoms with Crippen LogP contribution in [0, 0.1) is 19.7 Å². The largest absolute Gasteiger partial charge is 0.489 e. The molecule has 5 rings (SSSR count). The van der Waals surface area contributed by atoms with Crippen LogP contribution < -0.4 is 14.9 Å². The summed E-state index contributed by atoms with van der Waals surface area (Å²) in [5.41, 5.74) is 7.51. The Bertz CT molecular complexity index is 1640. The van der Waals surface area contributed by atoms with Crippen LogP contribution in [0.2, 0.25) is 0 Å². The number of hydrogen-bond donors (Lipinski definition) is 1. The molecule has 0 saturated heterocycles. The van der Waals surface area contributed by atoms with Gasteiger partial charge in [-0.15, -0.1) is 0 Å². The second-order valence-electron chi connectivity index (χ2n) is 8.95. The van der Waals surface area contributed by atoms with E-state index in [4.69, 9.17) is 9.47 Å². The fourth-order valence-electron chi connectivity index (χ4n) is 4.33. The number of aryl methyl sites for hydroxylation is 1. The number of para-hydroxylation sites is 1. The van der Waals surface area contributed by atoms with Crippen LogP contribution in [0.15, 0.2) is 96.2 Å². The van der Waals surface area contributed by atoms with Crippen molar-refractivity contribution in [2.24, 2.45) is 5.10 Å². The van der Waals surface area contributed by atoms with Crippen molar-refractivity contribution in [1.82, 2.24) is 15.0 Å². The summed E-state index contributed by atoms with van der Waals surface area (Å²) >= 11 is 0. The van der Waals surface area contributed by atoms with E-state index >= 15 is 0 Å². The van der Waals surface area contributed by atoms with Gasteiger partial charge in [-0.3, -0.25) is 9.78 Å². The van der Waals surface area contributed by atoms with Crippen molar-refractivity contribution in [2.75, 3.05) is 6.61 Å². The zero-order valence-electron chi connectivity index (χ0n) is 21.6. The van der Waals surface area contributed by atoms with Gasteiger partial charge in [0.1, 0.15) is 29.4 Å². The fraction of sp³-hybridized carbons (Fsp3) is 0.129. The van der Waals surface area contributed by atoms with Crippen LogP contribution in [0.5, 0.6) is 11.5 Å². The number of nitrogens with one attached hydrogen (secondary N) is 1. The number of hydrogen-bond acceptors (Lipinski definition) is 5. The Morgan fingerprint density at radius 2 is 1.79 bits per heavy atom. The highest BCUT2D eigenvalue weighted by Gasteiger charge is 2.11. The molecule has 0 unspecified atom stereocenters. The lowest BCUT2D eigenvalue weighted by atomic mass is 10.2. The molecule has 0 saturated carbocycles. The SMILES string of the molecule is Cc1cc(/C=N/NC(=O)COc2cccc3cccnc23)c(C)n1-c1ccc(OCc2ccccc2F)cc1. The third kappa shape index (κ3) is 5.96. The lowest BCUT2D eigenvalue weighted by molar-refractivity contribution is -0.123. The minimum absolute atomic E-state index is 0.157. The minimum atomic E-state index is -0.376. The van der Waals surface area contributed by atoms with Crippen LogP contribution in [0.3, 0.4) is 0 Å². The predicted octanol–water partition coefficient (Wildman–Crippen LogP) is 5.89. The maximum Gasteiger partial charge on any atom is 0.277 e. The summed E-state index contributed by atoms with van der Waals surface area (Å²) in [6.45, 7) is 3.95. The number of benzene rings is 3. The van der Waals surface area contributed by atoms with Gasteiger partial charge in [-0.25, -0.2) is 9.82 Å². The molecule has 0 atom stereocenters. The molecule has 1 amide bonds. The number of ether oxygens (including phenoxy) is 2. The summed E-state index contributed by atoms with van der Waals surface area (Å²) in [7, 11) is 0. The van der Waals surface area contributed by atoms with Gasteiger partial charge in [-0.1, -0.05) is 36.4 Å². The van der Waals surface area contributed by atoms with E-state index in [2.05, 4.69) is 20.1 Å². The fourth-order valence-corrected chi connectivity index (χ4v) is 4.33. The average Bonchev–Trinajstić information content (AvgIpc) is 3.24. The van der Waals surface area contributed by atoms with Crippen molar-refractivity contribution in [2.45, 2.75) is 20.5 Å². The van der Waals surface area contributed by atoms with Crippen molar-refractivity contribution in [1.29, 1.82) is 0 Å². The Kier molecular flexibility index (Phi) is 7.63. The Balaban J connectivity index is 1.19. The molecule has 0 bridgehead atoms.